The molecule has 2 atom stereocenters. The number of nitrogens with one attached hydrogen (secondary N) is 2. The number of benzene rings is 1. The molecule has 0 saturated carbocycles. The molecule has 1 aliphatic heterocycles. The van der Waals surface area contributed by atoms with Crippen LogP contribution in [0.15, 0.2) is 42.6 Å². The van der Waals surface area contributed by atoms with Crippen LogP contribution >= 0.6 is 11.3 Å². The Labute approximate surface area is 156 Å². The van der Waals surface area contributed by atoms with Gasteiger partial charge in [-0.3, -0.25) is 4.79 Å². The van der Waals surface area contributed by atoms with E-state index in [4.69, 9.17) is 0 Å². The largest absolute Gasteiger partial charge is 0.395 e. The molecular weight excluding hydrogens is 346 g/mol. The van der Waals surface area contributed by atoms with Crippen molar-refractivity contribution < 1.29 is 9.90 Å². The number of anilines is 1. The third-order valence-corrected chi connectivity index (χ3v) is 6.04. The Morgan fingerprint density at radius 2 is 2.19 bits per heavy atom. The number of thiophene rings is 1. The van der Waals surface area contributed by atoms with Crippen molar-refractivity contribution in [3.05, 3.63) is 48.2 Å². The second-order valence-electron chi connectivity index (χ2n) is 6.48. The van der Waals surface area contributed by atoms with Crippen molar-refractivity contribution in [2.75, 3.05) is 18.5 Å². The Balaban J connectivity index is 1.75. The molecule has 1 radical (unpaired) electrons. The summed E-state index contributed by atoms with van der Waals surface area (Å²) in [6, 6.07) is 12.3. The lowest BCUT2D eigenvalue weighted by Crippen LogP contribution is -2.50. The highest BCUT2D eigenvalue weighted by molar-refractivity contribution is 7.22. The molecule has 1 fully saturated rings. The maximum atomic E-state index is 11.3. The molecule has 0 spiro atoms. The molecule has 1 saturated heterocycles. The number of pyridine rings is 1. The number of hydrogen-bond donors (Lipinski definition) is 3. The summed E-state index contributed by atoms with van der Waals surface area (Å²) in [4.78, 5) is 16.9. The van der Waals surface area contributed by atoms with E-state index in [1.807, 2.05) is 24.5 Å². The highest BCUT2D eigenvalue weighted by Gasteiger charge is 2.25. The highest BCUT2D eigenvalue weighted by atomic mass is 32.1. The van der Waals surface area contributed by atoms with Gasteiger partial charge in [-0.05, 0) is 31.0 Å². The molecule has 1 aromatic carbocycles. The van der Waals surface area contributed by atoms with Gasteiger partial charge in [0.05, 0.1) is 22.9 Å². The lowest BCUT2D eigenvalue weighted by molar-refractivity contribution is 0.209. The summed E-state index contributed by atoms with van der Waals surface area (Å²) in [5.41, 5.74) is 1.60. The van der Waals surface area contributed by atoms with Crippen LogP contribution < -0.4 is 10.6 Å². The molecule has 26 heavy (non-hydrogen) atoms. The van der Waals surface area contributed by atoms with Crippen LogP contribution in [0.1, 0.15) is 18.4 Å². The van der Waals surface area contributed by atoms with E-state index in [0.29, 0.717) is 5.56 Å². The lowest BCUT2D eigenvalue weighted by atomic mass is 9.99. The van der Waals surface area contributed by atoms with E-state index < -0.39 is 0 Å². The van der Waals surface area contributed by atoms with E-state index in [9.17, 15) is 9.90 Å². The maximum Gasteiger partial charge on any atom is 0.236 e. The Hall–Kier alpha value is -2.28. The van der Waals surface area contributed by atoms with Gasteiger partial charge in [0.1, 0.15) is 5.82 Å². The molecular formula is C20H20N3O2S. The molecule has 1 aliphatic rings. The molecule has 5 nitrogen and oxygen atoms in total. The van der Waals surface area contributed by atoms with Crippen molar-refractivity contribution in [2.45, 2.75) is 24.9 Å². The Kier molecular flexibility index (Phi) is 4.97. The number of piperidine rings is 1. The third-order valence-electron chi connectivity index (χ3n) is 4.83. The maximum absolute atomic E-state index is 11.3. The first kappa shape index (κ1) is 17.1. The number of hydrogen-bond acceptors (Lipinski definition) is 6. The second-order valence-corrected chi connectivity index (χ2v) is 7.53. The van der Waals surface area contributed by atoms with E-state index in [1.54, 1.807) is 17.5 Å². The summed E-state index contributed by atoms with van der Waals surface area (Å²) < 4.78 is 0.890. The van der Waals surface area contributed by atoms with Crippen molar-refractivity contribution >= 4 is 33.5 Å². The molecule has 2 unspecified atom stereocenters. The number of aromatic nitrogens is 1. The van der Waals surface area contributed by atoms with Gasteiger partial charge in [-0.25, -0.2) is 4.98 Å². The van der Waals surface area contributed by atoms with Crippen LogP contribution in [0.4, 0.5) is 5.82 Å². The van der Waals surface area contributed by atoms with Crippen molar-refractivity contribution in [1.29, 1.82) is 0 Å². The third kappa shape index (κ3) is 3.23. The van der Waals surface area contributed by atoms with Gasteiger partial charge in [-0.15, -0.1) is 11.3 Å². The van der Waals surface area contributed by atoms with Crippen LogP contribution in [-0.2, 0) is 4.79 Å². The molecule has 3 aromatic rings. The van der Waals surface area contributed by atoms with Gasteiger partial charge in [0, 0.05) is 22.5 Å². The number of aliphatic hydroxyl groups excluding tert-OH is 1. The number of rotatable bonds is 5. The summed E-state index contributed by atoms with van der Waals surface area (Å²) in [7, 11) is 0. The first-order chi connectivity index (χ1) is 12.8. The average molecular weight is 366 g/mol. The summed E-state index contributed by atoms with van der Waals surface area (Å²) >= 11 is 1.58. The van der Waals surface area contributed by atoms with Crippen molar-refractivity contribution in [3.63, 3.8) is 0 Å². The van der Waals surface area contributed by atoms with Crippen LogP contribution in [0.25, 0.3) is 20.5 Å². The van der Waals surface area contributed by atoms with Crippen LogP contribution in [0, 0.1) is 0 Å². The minimum Gasteiger partial charge on any atom is -0.395 e. The van der Waals surface area contributed by atoms with Gasteiger partial charge in [0.15, 0.2) is 0 Å². The fourth-order valence-corrected chi connectivity index (χ4v) is 4.57. The number of nitrogens with zero attached hydrogens (tertiary/aromatic N) is 1. The van der Waals surface area contributed by atoms with Crippen LogP contribution in [-0.4, -0.2) is 41.6 Å². The highest BCUT2D eigenvalue weighted by Crippen LogP contribution is 2.38. The number of carbonyl (C=O) groups excluding carboxylic acids is 1. The SMILES string of the molecule is O=[C]c1cnc(NC2CCCNC2CO)c2cc(-c3ccccc3)sc12. The van der Waals surface area contributed by atoms with E-state index in [0.717, 1.165) is 45.7 Å². The zero-order valence-electron chi connectivity index (χ0n) is 14.2. The standard InChI is InChI=1S/C20H20N3O2S/c24-11-14-10-22-20(23-16-7-4-8-21-17(16)12-25)15-9-18(26-19(14)15)13-5-2-1-3-6-13/h1-3,5-6,9-10,16-17,21,25H,4,7-8,12H2,(H,22,23). The quantitative estimate of drug-likeness (QED) is 0.647. The van der Waals surface area contributed by atoms with E-state index in [1.165, 1.54) is 0 Å². The minimum absolute atomic E-state index is 0.00476. The average Bonchev–Trinajstić information content (AvgIpc) is 3.15. The molecule has 3 heterocycles. The smallest absolute Gasteiger partial charge is 0.236 e. The number of aliphatic hydroxyl groups is 1. The van der Waals surface area contributed by atoms with Crippen LogP contribution in [0.2, 0.25) is 0 Å². The predicted molar refractivity (Wildman–Crippen MR) is 105 cm³/mol. The minimum atomic E-state index is 0.00476. The zero-order valence-corrected chi connectivity index (χ0v) is 15.1. The molecule has 0 aliphatic carbocycles. The van der Waals surface area contributed by atoms with E-state index in [2.05, 4.69) is 33.8 Å². The Morgan fingerprint density at radius 3 is 2.96 bits per heavy atom. The van der Waals surface area contributed by atoms with Gasteiger partial charge in [0.25, 0.3) is 0 Å². The number of fused-ring (bicyclic) bond motifs is 1. The van der Waals surface area contributed by atoms with Gasteiger partial charge in [-0.2, -0.15) is 0 Å². The first-order valence-corrected chi connectivity index (χ1v) is 9.58. The van der Waals surface area contributed by atoms with Crippen LogP contribution in [0.3, 0.4) is 0 Å². The molecule has 2 aromatic heterocycles. The van der Waals surface area contributed by atoms with E-state index in [-0.39, 0.29) is 18.7 Å². The molecule has 0 bridgehead atoms. The summed E-state index contributed by atoms with van der Waals surface area (Å²) in [5, 5.41) is 17.4. The summed E-state index contributed by atoms with van der Waals surface area (Å²) in [5.74, 6) is 0.754. The van der Waals surface area contributed by atoms with Gasteiger partial charge in [0.2, 0.25) is 6.29 Å². The molecule has 3 N–H and O–H groups in total. The molecule has 0 amide bonds. The molecule has 133 valence electrons. The topological polar surface area (TPSA) is 74.2 Å². The predicted octanol–water partition coefficient (Wildman–Crippen LogP) is 2.95. The van der Waals surface area contributed by atoms with Crippen molar-refractivity contribution in [3.8, 4) is 10.4 Å². The Morgan fingerprint density at radius 1 is 1.35 bits per heavy atom. The summed E-state index contributed by atoms with van der Waals surface area (Å²) in [6.07, 6.45) is 5.60. The van der Waals surface area contributed by atoms with Crippen molar-refractivity contribution in [2.24, 2.45) is 0 Å². The monoisotopic (exact) mass is 366 g/mol. The normalized spacial score (nSPS) is 20.2. The first-order valence-electron chi connectivity index (χ1n) is 8.77. The fraction of sp³-hybridized carbons (Fsp3) is 0.300. The fourth-order valence-electron chi connectivity index (χ4n) is 3.45. The van der Waals surface area contributed by atoms with Gasteiger partial charge < -0.3 is 15.7 Å². The molecule has 4 rings (SSSR count). The molecule has 6 heteroatoms. The lowest BCUT2D eigenvalue weighted by Gasteiger charge is -2.32. The van der Waals surface area contributed by atoms with Gasteiger partial charge >= 0.3 is 0 Å². The summed E-state index contributed by atoms with van der Waals surface area (Å²) in [6.45, 7) is 1.00. The van der Waals surface area contributed by atoms with Gasteiger partial charge in [-0.1, -0.05) is 30.3 Å². The van der Waals surface area contributed by atoms with E-state index >= 15 is 0 Å². The Bertz CT molecular complexity index is 910. The second kappa shape index (κ2) is 7.53. The van der Waals surface area contributed by atoms with Crippen LogP contribution in [0.5, 0.6) is 0 Å². The van der Waals surface area contributed by atoms with Crippen molar-refractivity contribution in [1.82, 2.24) is 10.3 Å². The zero-order chi connectivity index (χ0) is 17.9.